The molecular weight excluding hydrogens is 276 g/mol. The molecule has 0 aromatic heterocycles. The van der Waals surface area contributed by atoms with E-state index in [-0.39, 0.29) is 6.03 Å². The van der Waals surface area contributed by atoms with E-state index in [0.29, 0.717) is 13.1 Å². The number of hydrogen-bond acceptors (Lipinski definition) is 2. The summed E-state index contributed by atoms with van der Waals surface area (Å²) in [6, 6.07) is 15.7. The van der Waals surface area contributed by atoms with Crippen LogP contribution in [0.1, 0.15) is 16.7 Å². The van der Waals surface area contributed by atoms with Crippen molar-refractivity contribution in [2.45, 2.75) is 19.9 Å². The fourth-order valence-electron chi connectivity index (χ4n) is 2.23. The van der Waals surface area contributed by atoms with E-state index in [1.807, 2.05) is 36.4 Å². The zero-order valence-electron chi connectivity index (χ0n) is 13.1. The number of hydrogen-bond donors (Lipinski definition) is 2. The highest BCUT2D eigenvalue weighted by atomic mass is 16.5. The van der Waals surface area contributed by atoms with Crippen LogP contribution in [0.2, 0.25) is 0 Å². The van der Waals surface area contributed by atoms with Gasteiger partial charge in [-0.1, -0.05) is 36.4 Å². The molecule has 2 rings (SSSR count). The van der Waals surface area contributed by atoms with E-state index in [9.17, 15) is 4.79 Å². The summed E-state index contributed by atoms with van der Waals surface area (Å²) >= 11 is 0. The Morgan fingerprint density at radius 2 is 1.91 bits per heavy atom. The van der Waals surface area contributed by atoms with Gasteiger partial charge in [0.15, 0.2) is 0 Å². The lowest BCUT2D eigenvalue weighted by Gasteiger charge is -2.09. The minimum Gasteiger partial charge on any atom is -0.497 e. The molecule has 0 aliphatic rings. The highest BCUT2D eigenvalue weighted by molar-refractivity contribution is 5.73. The van der Waals surface area contributed by atoms with Gasteiger partial charge >= 0.3 is 6.03 Å². The molecule has 0 heterocycles. The Bertz CT molecular complexity index is 626. The molecule has 0 spiro atoms. The molecule has 4 heteroatoms. The highest BCUT2D eigenvalue weighted by Crippen LogP contribution is 2.12. The lowest BCUT2D eigenvalue weighted by Crippen LogP contribution is -2.36. The van der Waals surface area contributed by atoms with Gasteiger partial charge in [0.05, 0.1) is 7.11 Å². The summed E-state index contributed by atoms with van der Waals surface area (Å²) in [6.45, 7) is 3.18. The van der Waals surface area contributed by atoms with Crippen molar-refractivity contribution in [1.82, 2.24) is 10.6 Å². The average molecular weight is 298 g/mol. The molecule has 0 aliphatic carbocycles. The maximum absolute atomic E-state index is 11.8. The summed E-state index contributed by atoms with van der Waals surface area (Å²) in [7, 11) is 1.63. The Kier molecular flexibility index (Phi) is 5.83. The molecule has 2 amide bonds. The van der Waals surface area contributed by atoms with Gasteiger partial charge < -0.3 is 15.4 Å². The first-order valence-electron chi connectivity index (χ1n) is 7.38. The minimum atomic E-state index is -0.156. The first-order chi connectivity index (χ1) is 10.7. The molecule has 0 aliphatic heterocycles. The third-order valence-corrected chi connectivity index (χ3v) is 3.53. The SMILES string of the molecule is COc1cccc(CNC(=O)NCCc2ccccc2C)c1. The number of ether oxygens (including phenoxy) is 1. The fraction of sp³-hybridized carbons (Fsp3) is 0.278. The summed E-state index contributed by atoms with van der Waals surface area (Å²) in [5, 5.41) is 5.72. The van der Waals surface area contributed by atoms with Crippen molar-refractivity contribution < 1.29 is 9.53 Å². The van der Waals surface area contributed by atoms with Crippen LogP contribution in [-0.2, 0) is 13.0 Å². The van der Waals surface area contributed by atoms with Gasteiger partial charge in [-0.15, -0.1) is 0 Å². The van der Waals surface area contributed by atoms with Crippen LogP contribution in [0, 0.1) is 6.92 Å². The molecule has 0 saturated heterocycles. The minimum absolute atomic E-state index is 0.156. The van der Waals surface area contributed by atoms with E-state index in [0.717, 1.165) is 17.7 Å². The van der Waals surface area contributed by atoms with Crippen molar-refractivity contribution in [3.8, 4) is 5.75 Å². The van der Waals surface area contributed by atoms with Crippen LogP contribution in [0.25, 0.3) is 0 Å². The smallest absolute Gasteiger partial charge is 0.315 e. The van der Waals surface area contributed by atoms with Gasteiger partial charge in [-0.2, -0.15) is 0 Å². The van der Waals surface area contributed by atoms with Gasteiger partial charge in [0.2, 0.25) is 0 Å². The number of carbonyl (C=O) groups excluding carboxylic acids is 1. The van der Waals surface area contributed by atoms with Crippen molar-refractivity contribution in [3.63, 3.8) is 0 Å². The van der Waals surface area contributed by atoms with Crippen molar-refractivity contribution in [1.29, 1.82) is 0 Å². The number of carbonyl (C=O) groups is 1. The van der Waals surface area contributed by atoms with Crippen molar-refractivity contribution in [2.24, 2.45) is 0 Å². The van der Waals surface area contributed by atoms with E-state index < -0.39 is 0 Å². The monoisotopic (exact) mass is 298 g/mol. The molecule has 2 N–H and O–H groups in total. The molecule has 0 unspecified atom stereocenters. The predicted octanol–water partition coefficient (Wildman–Crippen LogP) is 3.05. The summed E-state index contributed by atoms with van der Waals surface area (Å²) in [5.74, 6) is 0.791. The largest absolute Gasteiger partial charge is 0.497 e. The molecule has 2 aromatic rings. The lowest BCUT2D eigenvalue weighted by molar-refractivity contribution is 0.240. The quantitative estimate of drug-likeness (QED) is 0.861. The first kappa shape index (κ1) is 15.9. The van der Waals surface area contributed by atoms with Crippen LogP contribution in [0.15, 0.2) is 48.5 Å². The predicted molar refractivity (Wildman–Crippen MR) is 88.1 cm³/mol. The summed E-state index contributed by atoms with van der Waals surface area (Å²) in [5.41, 5.74) is 3.52. The molecule has 0 bridgehead atoms. The normalized spacial score (nSPS) is 10.1. The third-order valence-electron chi connectivity index (χ3n) is 3.53. The van der Waals surface area contributed by atoms with E-state index in [2.05, 4.69) is 29.7 Å². The van der Waals surface area contributed by atoms with Crippen LogP contribution in [0.4, 0.5) is 4.79 Å². The fourth-order valence-corrected chi connectivity index (χ4v) is 2.23. The van der Waals surface area contributed by atoms with Gasteiger partial charge in [-0.05, 0) is 42.2 Å². The van der Waals surface area contributed by atoms with Crippen molar-refractivity contribution in [3.05, 3.63) is 65.2 Å². The van der Waals surface area contributed by atoms with Gasteiger partial charge in [-0.3, -0.25) is 0 Å². The molecule has 4 nitrogen and oxygen atoms in total. The summed E-state index contributed by atoms with van der Waals surface area (Å²) < 4.78 is 5.16. The first-order valence-corrected chi connectivity index (χ1v) is 7.38. The highest BCUT2D eigenvalue weighted by Gasteiger charge is 2.02. The van der Waals surface area contributed by atoms with Gasteiger partial charge in [-0.25, -0.2) is 4.79 Å². The van der Waals surface area contributed by atoms with E-state index in [1.165, 1.54) is 11.1 Å². The van der Waals surface area contributed by atoms with Crippen LogP contribution in [0.5, 0.6) is 5.75 Å². The second-order valence-corrected chi connectivity index (χ2v) is 5.14. The van der Waals surface area contributed by atoms with Crippen LogP contribution in [0.3, 0.4) is 0 Å². The van der Waals surface area contributed by atoms with Crippen molar-refractivity contribution in [2.75, 3.05) is 13.7 Å². The molecular formula is C18H22N2O2. The van der Waals surface area contributed by atoms with Gasteiger partial charge in [0.25, 0.3) is 0 Å². The lowest BCUT2D eigenvalue weighted by atomic mass is 10.1. The van der Waals surface area contributed by atoms with Gasteiger partial charge in [0.1, 0.15) is 5.75 Å². The van der Waals surface area contributed by atoms with E-state index in [1.54, 1.807) is 7.11 Å². The number of urea groups is 1. The second kappa shape index (κ2) is 8.08. The maximum Gasteiger partial charge on any atom is 0.315 e. The van der Waals surface area contributed by atoms with E-state index in [4.69, 9.17) is 4.74 Å². The molecule has 116 valence electrons. The number of rotatable bonds is 6. The van der Waals surface area contributed by atoms with Crippen LogP contribution >= 0.6 is 0 Å². The Balaban J connectivity index is 1.73. The Hall–Kier alpha value is -2.49. The number of benzene rings is 2. The number of amides is 2. The van der Waals surface area contributed by atoms with Gasteiger partial charge in [0, 0.05) is 13.1 Å². The standard InChI is InChI=1S/C18H22N2O2/c1-14-6-3-4-8-16(14)10-11-19-18(21)20-13-15-7-5-9-17(12-15)22-2/h3-9,12H,10-11,13H2,1-2H3,(H2,19,20,21). The summed E-state index contributed by atoms with van der Waals surface area (Å²) in [6.07, 6.45) is 0.833. The summed E-state index contributed by atoms with van der Waals surface area (Å²) in [4.78, 5) is 11.8. The second-order valence-electron chi connectivity index (χ2n) is 5.14. The van der Waals surface area contributed by atoms with Crippen molar-refractivity contribution >= 4 is 6.03 Å². The molecule has 0 atom stereocenters. The van der Waals surface area contributed by atoms with Crippen LogP contribution in [-0.4, -0.2) is 19.7 Å². The molecule has 2 aromatic carbocycles. The maximum atomic E-state index is 11.8. The number of aryl methyl sites for hydroxylation is 1. The molecule has 22 heavy (non-hydrogen) atoms. The average Bonchev–Trinajstić information content (AvgIpc) is 2.55. The Morgan fingerprint density at radius 1 is 1.09 bits per heavy atom. The molecule has 0 saturated carbocycles. The third kappa shape index (κ3) is 4.81. The molecule has 0 radical (unpaired) electrons. The Morgan fingerprint density at radius 3 is 2.68 bits per heavy atom. The number of methoxy groups -OCH3 is 1. The van der Waals surface area contributed by atoms with Crippen LogP contribution < -0.4 is 15.4 Å². The Labute approximate surface area is 131 Å². The van der Waals surface area contributed by atoms with E-state index >= 15 is 0 Å². The zero-order chi connectivity index (χ0) is 15.8. The topological polar surface area (TPSA) is 50.4 Å². The number of nitrogens with one attached hydrogen (secondary N) is 2. The zero-order valence-corrected chi connectivity index (χ0v) is 13.1. The molecule has 0 fully saturated rings.